The minimum atomic E-state index is -0.921. The molecule has 1 heterocycles. The normalized spacial score (nSPS) is 22.6. The molecule has 3 rings (SSSR count). The SMILES string of the molecule is Cc1cccc(C)c1OCCOC(=O)C(C)N1C(=O)C2CC=CCC2C1=O. The number of carbonyl (C=O) groups excluding carboxylic acids is 3. The maximum atomic E-state index is 12.5. The van der Waals surface area contributed by atoms with Crippen LogP contribution in [0.3, 0.4) is 0 Å². The molecule has 0 bridgehead atoms. The number of hydrogen-bond acceptors (Lipinski definition) is 5. The Labute approximate surface area is 159 Å². The number of likely N-dealkylation sites (tertiary alicyclic amines) is 1. The molecule has 3 unspecified atom stereocenters. The Bertz CT molecular complexity index is 739. The number of benzene rings is 1. The summed E-state index contributed by atoms with van der Waals surface area (Å²) in [5, 5.41) is 0. The van der Waals surface area contributed by atoms with Crippen molar-refractivity contribution in [3.8, 4) is 5.75 Å². The smallest absolute Gasteiger partial charge is 0.329 e. The molecule has 0 radical (unpaired) electrons. The first-order valence-corrected chi connectivity index (χ1v) is 9.29. The third-order valence-corrected chi connectivity index (χ3v) is 5.25. The number of amides is 2. The molecule has 1 saturated heterocycles. The van der Waals surface area contributed by atoms with Crippen molar-refractivity contribution in [2.45, 2.75) is 39.7 Å². The Hall–Kier alpha value is -2.63. The Balaban J connectivity index is 1.52. The minimum absolute atomic E-state index is 0.0571. The number of imide groups is 1. The van der Waals surface area contributed by atoms with Crippen LogP contribution in [0, 0.1) is 25.7 Å². The molecule has 0 N–H and O–H groups in total. The Kier molecular flexibility index (Phi) is 5.63. The Morgan fingerprint density at radius 2 is 1.63 bits per heavy atom. The van der Waals surface area contributed by atoms with Gasteiger partial charge in [0.25, 0.3) is 0 Å². The van der Waals surface area contributed by atoms with Crippen molar-refractivity contribution in [2.24, 2.45) is 11.8 Å². The lowest BCUT2D eigenvalue weighted by atomic mass is 9.85. The molecule has 6 heteroatoms. The Morgan fingerprint density at radius 1 is 1.07 bits per heavy atom. The minimum Gasteiger partial charge on any atom is -0.489 e. The van der Waals surface area contributed by atoms with E-state index in [2.05, 4.69) is 0 Å². The molecule has 27 heavy (non-hydrogen) atoms. The lowest BCUT2D eigenvalue weighted by molar-refractivity contribution is -0.158. The highest BCUT2D eigenvalue weighted by atomic mass is 16.6. The van der Waals surface area contributed by atoms with Crippen LogP contribution in [-0.4, -0.2) is 41.9 Å². The zero-order valence-corrected chi connectivity index (χ0v) is 15.9. The number of allylic oxidation sites excluding steroid dienone is 2. The number of nitrogens with zero attached hydrogens (tertiary/aromatic N) is 1. The van der Waals surface area contributed by atoms with Crippen molar-refractivity contribution >= 4 is 17.8 Å². The van der Waals surface area contributed by atoms with Crippen LogP contribution in [0.1, 0.15) is 30.9 Å². The molecule has 1 fully saturated rings. The second-order valence-corrected chi connectivity index (χ2v) is 7.12. The summed E-state index contributed by atoms with van der Waals surface area (Å²) in [4.78, 5) is 38.5. The lowest BCUT2D eigenvalue weighted by Crippen LogP contribution is -2.44. The molecular weight excluding hydrogens is 346 g/mol. The van der Waals surface area contributed by atoms with Gasteiger partial charge in [-0.05, 0) is 44.7 Å². The maximum Gasteiger partial charge on any atom is 0.329 e. The van der Waals surface area contributed by atoms with Gasteiger partial charge in [0.15, 0.2) is 0 Å². The number of rotatable bonds is 6. The van der Waals surface area contributed by atoms with Gasteiger partial charge in [-0.3, -0.25) is 14.5 Å². The van der Waals surface area contributed by atoms with E-state index in [4.69, 9.17) is 9.47 Å². The van der Waals surface area contributed by atoms with Crippen LogP contribution in [-0.2, 0) is 19.1 Å². The van der Waals surface area contributed by atoms with Gasteiger partial charge >= 0.3 is 5.97 Å². The molecule has 1 aromatic carbocycles. The van der Waals surface area contributed by atoms with E-state index in [1.807, 2.05) is 44.2 Å². The van der Waals surface area contributed by atoms with Crippen molar-refractivity contribution in [1.29, 1.82) is 0 Å². The first-order valence-electron chi connectivity index (χ1n) is 9.29. The van der Waals surface area contributed by atoms with Gasteiger partial charge in [-0.15, -0.1) is 0 Å². The van der Waals surface area contributed by atoms with Crippen LogP contribution in [0.2, 0.25) is 0 Å². The summed E-state index contributed by atoms with van der Waals surface area (Å²) in [5.74, 6) is -1.04. The van der Waals surface area contributed by atoms with Crippen LogP contribution < -0.4 is 4.74 Å². The zero-order chi connectivity index (χ0) is 19.6. The van der Waals surface area contributed by atoms with E-state index < -0.39 is 12.0 Å². The van der Waals surface area contributed by atoms with Crippen LogP contribution in [0.5, 0.6) is 5.75 Å². The molecule has 0 saturated carbocycles. The van der Waals surface area contributed by atoms with Gasteiger partial charge in [0.2, 0.25) is 11.8 Å². The van der Waals surface area contributed by atoms with Gasteiger partial charge in [-0.2, -0.15) is 0 Å². The van der Waals surface area contributed by atoms with Crippen LogP contribution in [0.15, 0.2) is 30.4 Å². The highest BCUT2D eigenvalue weighted by Gasteiger charge is 2.50. The first-order chi connectivity index (χ1) is 12.9. The predicted molar refractivity (Wildman–Crippen MR) is 99.0 cm³/mol. The van der Waals surface area contributed by atoms with Gasteiger partial charge in [0.05, 0.1) is 11.8 Å². The van der Waals surface area contributed by atoms with Crippen molar-refractivity contribution in [2.75, 3.05) is 13.2 Å². The fourth-order valence-electron chi connectivity index (χ4n) is 3.75. The quantitative estimate of drug-likeness (QED) is 0.333. The summed E-state index contributed by atoms with van der Waals surface area (Å²) in [6.07, 6.45) is 4.95. The molecule has 2 aliphatic rings. The van der Waals surface area contributed by atoms with E-state index in [-0.39, 0.29) is 36.9 Å². The predicted octanol–water partition coefficient (Wildman–Crippen LogP) is 2.57. The molecular formula is C21H25NO5. The molecule has 6 nitrogen and oxygen atoms in total. The van der Waals surface area contributed by atoms with Crippen LogP contribution in [0.25, 0.3) is 0 Å². The summed E-state index contributed by atoms with van der Waals surface area (Å²) in [5.41, 5.74) is 2.03. The number of fused-ring (bicyclic) bond motifs is 1. The number of hydrogen-bond donors (Lipinski definition) is 0. The largest absolute Gasteiger partial charge is 0.489 e. The zero-order valence-electron chi connectivity index (χ0n) is 15.9. The summed E-state index contributed by atoms with van der Waals surface area (Å²) < 4.78 is 11.0. The van der Waals surface area contributed by atoms with Gasteiger partial charge in [0, 0.05) is 0 Å². The van der Waals surface area contributed by atoms with E-state index in [0.717, 1.165) is 21.8 Å². The summed E-state index contributed by atoms with van der Waals surface area (Å²) in [7, 11) is 0. The summed E-state index contributed by atoms with van der Waals surface area (Å²) in [6.45, 7) is 5.71. The number of carbonyl (C=O) groups is 3. The van der Waals surface area contributed by atoms with Gasteiger partial charge in [-0.1, -0.05) is 30.4 Å². The average molecular weight is 371 g/mol. The average Bonchev–Trinajstić information content (AvgIpc) is 2.91. The van der Waals surface area contributed by atoms with Gasteiger partial charge < -0.3 is 9.47 Å². The van der Waals surface area contributed by atoms with E-state index in [0.29, 0.717) is 12.8 Å². The van der Waals surface area contributed by atoms with Crippen molar-refractivity contribution in [3.05, 3.63) is 41.5 Å². The summed E-state index contributed by atoms with van der Waals surface area (Å²) in [6, 6.07) is 4.94. The van der Waals surface area contributed by atoms with Crippen molar-refractivity contribution in [1.82, 2.24) is 4.90 Å². The number of ether oxygens (including phenoxy) is 2. The maximum absolute atomic E-state index is 12.5. The number of esters is 1. The third kappa shape index (κ3) is 3.75. The fraction of sp³-hybridized carbons (Fsp3) is 0.476. The molecule has 1 aliphatic heterocycles. The standard InChI is InChI=1S/C21H25NO5/c1-13-7-6-8-14(2)18(13)26-11-12-27-21(25)15(3)22-19(23)16-9-4-5-10-17(16)20(22)24/h4-8,15-17H,9-12H2,1-3H3. The molecule has 1 aliphatic carbocycles. The van der Waals surface area contributed by atoms with Crippen LogP contribution >= 0.6 is 0 Å². The summed E-state index contributed by atoms with van der Waals surface area (Å²) >= 11 is 0. The molecule has 1 aromatic rings. The third-order valence-electron chi connectivity index (χ3n) is 5.25. The van der Waals surface area contributed by atoms with E-state index in [1.54, 1.807) is 0 Å². The monoisotopic (exact) mass is 371 g/mol. The molecule has 144 valence electrons. The Morgan fingerprint density at radius 3 is 2.19 bits per heavy atom. The van der Waals surface area contributed by atoms with Crippen LogP contribution in [0.4, 0.5) is 0 Å². The van der Waals surface area contributed by atoms with E-state index >= 15 is 0 Å². The van der Waals surface area contributed by atoms with Gasteiger partial charge in [0.1, 0.15) is 25.0 Å². The molecule has 3 atom stereocenters. The molecule has 0 aromatic heterocycles. The number of para-hydroxylation sites is 1. The van der Waals surface area contributed by atoms with Crippen molar-refractivity contribution in [3.63, 3.8) is 0 Å². The fourth-order valence-corrected chi connectivity index (χ4v) is 3.75. The topological polar surface area (TPSA) is 72.9 Å². The second kappa shape index (κ2) is 7.94. The highest BCUT2D eigenvalue weighted by Crippen LogP contribution is 2.36. The van der Waals surface area contributed by atoms with E-state index in [1.165, 1.54) is 6.92 Å². The second-order valence-electron chi connectivity index (χ2n) is 7.12. The lowest BCUT2D eigenvalue weighted by Gasteiger charge is -2.21. The van der Waals surface area contributed by atoms with E-state index in [9.17, 15) is 14.4 Å². The van der Waals surface area contributed by atoms with Crippen molar-refractivity contribution < 1.29 is 23.9 Å². The van der Waals surface area contributed by atoms with Gasteiger partial charge in [-0.25, -0.2) is 4.79 Å². The number of aryl methyl sites for hydroxylation is 2. The molecule has 2 amide bonds. The molecule has 0 spiro atoms. The first kappa shape index (κ1) is 19.1. The highest BCUT2D eigenvalue weighted by molar-refractivity contribution is 6.08.